The molecular weight excluding hydrogens is 473 g/mol. The number of guanidine groups is 1. The smallest absolute Gasteiger partial charge is 0.239 e. The maximum absolute atomic E-state index is 12.6. The summed E-state index contributed by atoms with van der Waals surface area (Å²) in [5.41, 5.74) is 0. The minimum absolute atomic E-state index is 0. The molecule has 9 nitrogen and oxygen atoms in total. The standard InChI is InChI=1S/C18H31N7O2.HI/c1-4-19-18(20-13-16-21-15(3)27-22-16)25-11-9-23(10-12-25)14(2)17(26)24-7-5-6-8-24;/h14H,4-13H2,1-3H3,(H,19,20);1H. The number of carbonyl (C=O) groups excluding carboxylic acids is 1. The second kappa shape index (κ2) is 10.9. The maximum Gasteiger partial charge on any atom is 0.239 e. The van der Waals surface area contributed by atoms with Crippen LogP contribution in [0.4, 0.5) is 0 Å². The van der Waals surface area contributed by atoms with Crippen LogP contribution in [0.1, 0.15) is 38.4 Å². The molecule has 1 atom stereocenters. The molecule has 3 heterocycles. The highest BCUT2D eigenvalue weighted by molar-refractivity contribution is 14.0. The lowest BCUT2D eigenvalue weighted by atomic mass is 10.2. The number of carbonyl (C=O) groups is 1. The van der Waals surface area contributed by atoms with Gasteiger partial charge in [-0.3, -0.25) is 9.69 Å². The molecule has 3 rings (SSSR count). The normalized spacial score (nSPS) is 19.5. The molecule has 0 radical (unpaired) electrons. The van der Waals surface area contributed by atoms with Crippen molar-refractivity contribution in [1.29, 1.82) is 0 Å². The number of halogens is 1. The lowest BCUT2D eigenvalue weighted by molar-refractivity contribution is -0.135. The molecule has 1 amide bonds. The number of aromatic nitrogens is 2. The zero-order valence-electron chi connectivity index (χ0n) is 17.1. The van der Waals surface area contributed by atoms with Crippen LogP contribution in [0.2, 0.25) is 0 Å². The van der Waals surface area contributed by atoms with Gasteiger partial charge >= 0.3 is 0 Å². The van der Waals surface area contributed by atoms with Gasteiger partial charge < -0.3 is 19.6 Å². The summed E-state index contributed by atoms with van der Waals surface area (Å²) in [6.07, 6.45) is 2.27. The number of nitrogens with zero attached hydrogens (tertiary/aromatic N) is 6. The van der Waals surface area contributed by atoms with Gasteiger partial charge in [0.05, 0.1) is 6.04 Å². The van der Waals surface area contributed by atoms with Gasteiger partial charge in [0.1, 0.15) is 6.54 Å². The third kappa shape index (κ3) is 5.79. The third-order valence-electron chi connectivity index (χ3n) is 5.21. The van der Waals surface area contributed by atoms with E-state index in [9.17, 15) is 4.79 Å². The van der Waals surface area contributed by atoms with E-state index in [4.69, 9.17) is 4.52 Å². The largest absolute Gasteiger partial charge is 0.357 e. The third-order valence-corrected chi connectivity index (χ3v) is 5.21. The number of aryl methyl sites for hydroxylation is 1. The molecule has 2 fully saturated rings. The molecule has 1 aromatic heterocycles. The van der Waals surface area contributed by atoms with E-state index < -0.39 is 0 Å². The first-order valence-corrected chi connectivity index (χ1v) is 9.93. The number of piperazine rings is 1. The van der Waals surface area contributed by atoms with Gasteiger partial charge in [0.25, 0.3) is 0 Å². The lowest BCUT2D eigenvalue weighted by Gasteiger charge is -2.39. The van der Waals surface area contributed by atoms with Crippen molar-refractivity contribution in [2.45, 2.75) is 46.2 Å². The van der Waals surface area contributed by atoms with Crippen LogP contribution in [0.15, 0.2) is 9.52 Å². The molecule has 2 aliphatic heterocycles. The van der Waals surface area contributed by atoms with Gasteiger partial charge in [0.15, 0.2) is 11.8 Å². The minimum Gasteiger partial charge on any atom is -0.357 e. The quantitative estimate of drug-likeness (QED) is 0.364. The van der Waals surface area contributed by atoms with E-state index in [0.717, 1.165) is 64.6 Å². The highest BCUT2D eigenvalue weighted by atomic mass is 127. The van der Waals surface area contributed by atoms with E-state index in [1.165, 1.54) is 0 Å². The second-order valence-electron chi connectivity index (χ2n) is 7.13. The molecule has 0 saturated carbocycles. The molecule has 10 heteroatoms. The Hall–Kier alpha value is -1.43. The Bertz CT molecular complexity index is 652. The number of nitrogens with one attached hydrogen (secondary N) is 1. The molecule has 1 N–H and O–H groups in total. The Morgan fingerprint density at radius 3 is 2.43 bits per heavy atom. The SMILES string of the molecule is CCNC(=NCc1noc(C)n1)N1CCN(C(C)C(=O)N2CCCC2)CC1.I. The molecule has 158 valence electrons. The number of likely N-dealkylation sites (tertiary alicyclic amines) is 1. The number of rotatable bonds is 5. The van der Waals surface area contributed by atoms with Crippen molar-refractivity contribution in [1.82, 2.24) is 30.2 Å². The van der Waals surface area contributed by atoms with Gasteiger partial charge in [-0.2, -0.15) is 4.98 Å². The van der Waals surface area contributed by atoms with Gasteiger partial charge in [-0.1, -0.05) is 5.16 Å². The van der Waals surface area contributed by atoms with Crippen molar-refractivity contribution in [3.63, 3.8) is 0 Å². The van der Waals surface area contributed by atoms with Crippen LogP contribution in [0.25, 0.3) is 0 Å². The topological polar surface area (TPSA) is 90.1 Å². The van der Waals surface area contributed by atoms with E-state index in [1.54, 1.807) is 6.92 Å². The van der Waals surface area contributed by atoms with Crippen molar-refractivity contribution in [3.05, 3.63) is 11.7 Å². The zero-order chi connectivity index (χ0) is 19.2. The Morgan fingerprint density at radius 2 is 1.86 bits per heavy atom. The van der Waals surface area contributed by atoms with Crippen molar-refractivity contribution in [2.75, 3.05) is 45.8 Å². The second-order valence-corrected chi connectivity index (χ2v) is 7.13. The van der Waals surface area contributed by atoms with Crippen molar-refractivity contribution < 1.29 is 9.32 Å². The van der Waals surface area contributed by atoms with Crippen LogP contribution in [0, 0.1) is 6.92 Å². The van der Waals surface area contributed by atoms with Gasteiger partial charge in [-0.05, 0) is 26.7 Å². The number of aliphatic imine (C=N–C) groups is 1. The van der Waals surface area contributed by atoms with E-state index in [2.05, 4.69) is 37.2 Å². The highest BCUT2D eigenvalue weighted by Gasteiger charge is 2.30. The Kier molecular flexibility index (Phi) is 8.93. The summed E-state index contributed by atoms with van der Waals surface area (Å²) in [7, 11) is 0. The molecule has 1 unspecified atom stereocenters. The van der Waals surface area contributed by atoms with E-state index in [-0.39, 0.29) is 35.9 Å². The molecule has 1 aromatic rings. The summed E-state index contributed by atoms with van der Waals surface area (Å²) in [5.74, 6) is 2.27. The minimum atomic E-state index is -0.0490. The van der Waals surface area contributed by atoms with Crippen LogP contribution < -0.4 is 5.32 Å². The summed E-state index contributed by atoms with van der Waals surface area (Å²) >= 11 is 0. The van der Waals surface area contributed by atoms with Crippen LogP contribution in [-0.2, 0) is 11.3 Å². The van der Waals surface area contributed by atoms with E-state index in [0.29, 0.717) is 18.3 Å². The van der Waals surface area contributed by atoms with Crippen molar-refractivity contribution in [2.24, 2.45) is 4.99 Å². The molecule has 0 bridgehead atoms. The predicted octanol–water partition coefficient (Wildman–Crippen LogP) is 1.09. The summed E-state index contributed by atoms with van der Waals surface area (Å²) in [4.78, 5) is 28.0. The molecule has 0 aliphatic carbocycles. The van der Waals surface area contributed by atoms with Crippen LogP contribution in [0.3, 0.4) is 0 Å². The Balaban J connectivity index is 0.00000280. The van der Waals surface area contributed by atoms with Crippen LogP contribution in [-0.4, -0.2) is 88.6 Å². The van der Waals surface area contributed by atoms with Gasteiger partial charge in [0, 0.05) is 52.7 Å². The number of amides is 1. The van der Waals surface area contributed by atoms with Crippen molar-refractivity contribution >= 4 is 35.8 Å². The van der Waals surface area contributed by atoms with E-state index in [1.807, 2.05) is 11.8 Å². The van der Waals surface area contributed by atoms with Crippen LogP contribution in [0.5, 0.6) is 0 Å². The maximum atomic E-state index is 12.6. The van der Waals surface area contributed by atoms with Crippen LogP contribution >= 0.6 is 24.0 Å². The molecular formula is C18H32IN7O2. The number of hydrogen-bond donors (Lipinski definition) is 1. The first-order valence-electron chi connectivity index (χ1n) is 9.93. The summed E-state index contributed by atoms with van der Waals surface area (Å²) in [6, 6.07) is -0.0490. The summed E-state index contributed by atoms with van der Waals surface area (Å²) in [6.45, 7) is 12.3. The highest BCUT2D eigenvalue weighted by Crippen LogP contribution is 2.14. The van der Waals surface area contributed by atoms with Crippen molar-refractivity contribution in [3.8, 4) is 0 Å². The average Bonchev–Trinajstić information content (AvgIpc) is 3.36. The Morgan fingerprint density at radius 1 is 1.18 bits per heavy atom. The number of hydrogen-bond acceptors (Lipinski definition) is 6. The molecule has 0 aromatic carbocycles. The van der Waals surface area contributed by atoms with Gasteiger partial charge in [-0.15, -0.1) is 24.0 Å². The fourth-order valence-electron chi connectivity index (χ4n) is 3.66. The fourth-order valence-corrected chi connectivity index (χ4v) is 3.66. The molecule has 28 heavy (non-hydrogen) atoms. The van der Waals surface area contributed by atoms with E-state index >= 15 is 0 Å². The Labute approximate surface area is 183 Å². The fraction of sp³-hybridized carbons (Fsp3) is 0.778. The monoisotopic (exact) mass is 505 g/mol. The molecule has 2 aliphatic rings. The predicted molar refractivity (Wildman–Crippen MR) is 118 cm³/mol. The summed E-state index contributed by atoms with van der Waals surface area (Å²) < 4.78 is 5.00. The summed E-state index contributed by atoms with van der Waals surface area (Å²) in [5, 5.41) is 7.23. The molecule has 0 spiro atoms. The molecule has 2 saturated heterocycles. The zero-order valence-corrected chi connectivity index (χ0v) is 19.4. The average molecular weight is 505 g/mol. The van der Waals surface area contributed by atoms with Gasteiger partial charge in [-0.25, -0.2) is 4.99 Å². The first kappa shape index (κ1) is 22.9. The first-order chi connectivity index (χ1) is 13.1. The van der Waals surface area contributed by atoms with Gasteiger partial charge in [0.2, 0.25) is 11.8 Å². The lowest BCUT2D eigenvalue weighted by Crippen LogP contribution is -2.57.